The van der Waals surface area contributed by atoms with Crippen LogP contribution in [0.2, 0.25) is 0 Å². The van der Waals surface area contributed by atoms with Crippen LogP contribution in [-0.4, -0.2) is 19.5 Å². The lowest BCUT2D eigenvalue weighted by Crippen LogP contribution is -2.22. The maximum Gasteiger partial charge on any atom is 0.327 e. The van der Waals surface area contributed by atoms with Crippen LogP contribution in [0.5, 0.6) is 0 Å². The molecule has 6 nitrogen and oxygen atoms in total. The van der Waals surface area contributed by atoms with Gasteiger partial charge in [0, 0.05) is 0 Å². The van der Waals surface area contributed by atoms with Gasteiger partial charge in [-0.1, -0.05) is 38.1 Å². The predicted octanol–water partition coefficient (Wildman–Crippen LogP) is 1.97. The van der Waals surface area contributed by atoms with E-state index in [9.17, 15) is 9.59 Å². The van der Waals surface area contributed by atoms with E-state index in [1.165, 1.54) is 5.56 Å². The molecule has 2 N–H and O–H groups in total. The van der Waals surface area contributed by atoms with Crippen LogP contribution in [0.25, 0.3) is 11.2 Å². The minimum absolute atomic E-state index is 0.248. The first kappa shape index (κ1) is 14.3. The first-order chi connectivity index (χ1) is 10.6. The Bertz CT molecular complexity index is 920. The molecule has 0 radical (unpaired) electrons. The smallest absolute Gasteiger partial charge is 0.312 e. The summed E-state index contributed by atoms with van der Waals surface area (Å²) in [6.45, 7) is 4.92. The first-order valence-electron chi connectivity index (χ1n) is 7.34. The lowest BCUT2D eigenvalue weighted by molar-refractivity contribution is 0.728. The standard InChI is InChI=1S/C16H18N4O2/c1-3-10(2)12-6-4-5-11(7-12)8-20-9-17-13-14(20)18-16(22)19-15(13)21/h4-7,9-10H,3,8H2,1-2H3,(H2,18,19,21,22). The van der Waals surface area contributed by atoms with Gasteiger partial charge in [-0.05, 0) is 23.5 Å². The van der Waals surface area contributed by atoms with Crippen molar-refractivity contribution in [2.45, 2.75) is 32.7 Å². The largest absolute Gasteiger partial charge is 0.327 e. The number of aromatic amines is 2. The average molecular weight is 298 g/mol. The fourth-order valence-corrected chi connectivity index (χ4v) is 2.53. The van der Waals surface area contributed by atoms with E-state index in [-0.39, 0.29) is 5.52 Å². The van der Waals surface area contributed by atoms with Gasteiger partial charge in [-0.3, -0.25) is 14.8 Å². The topological polar surface area (TPSA) is 83.5 Å². The van der Waals surface area contributed by atoms with E-state index in [0.717, 1.165) is 12.0 Å². The van der Waals surface area contributed by atoms with Gasteiger partial charge in [0.05, 0.1) is 12.9 Å². The molecule has 0 aliphatic rings. The fourth-order valence-electron chi connectivity index (χ4n) is 2.53. The zero-order chi connectivity index (χ0) is 15.7. The Morgan fingerprint density at radius 2 is 2.09 bits per heavy atom. The summed E-state index contributed by atoms with van der Waals surface area (Å²) in [5.74, 6) is 0.502. The van der Waals surface area contributed by atoms with Gasteiger partial charge in [-0.2, -0.15) is 0 Å². The second-order valence-corrected chi connectivity index (χ2v) is 5.53. The highest BCUT2D eigenvalue weighted by Crippen LogP contribution is 2.20. The molecule has 1 unspecified atom stereocenters. The number of rotatable bonds is 4. The Kier molecular flexibility index (Phi) is 3.66. The van der Waals surface area contributed by atoms with E-state index in [1.807, 2.05) is 12.1 Å². The minimum atomic E-state index is -0.521. The van der Waals surface area contributed by atoms with Crippen molar-refractivity contribution in [2.24, 2.45) is 0 Å². The molecule has 0 bridgehead atoms. The van der Waals surface area contributed by atoms with E-state index >= 15 is 0 Å². The number of benzene rings is 1. The zero-order valence-electron chi connectivity index (χ0n) is 12.6. The van der Waals surface area contributed by atoms with Gasteiger partial charge in [0.1, 0.15) is 5.65 Å². The molecule has 2 heterocycles. The highest BCUT2D eigenvalue weighted by Gasteiger charge is 2.09. The van der Waals surface area contributed by atoms with Gasteiger partial charge < -0.3 is 4.57 Å². The van der Waals surface area contributed by atoms with Crippen LogP contribution in [0.4, 0.5) is 0 Å². The second-order valence-electron chi connectivity index (χ2n) is 5.53. The Labute approximate surface area is 126 Å². The van der Waals surface area contributed by atoms with E-state index in [4.69, 9.17) is 0 Å². The molecule has 1 aromatic carbocycles. The normalized spacial score (nSPS) is 12.6. The van der Waals surface area contributed by atoms with Crippen molar-refractivity contribution in [3.8, 4) is 0 Å². The highest BCUT2D eigenvalue weighted by atomic mass is 16.2. The van der Waals surface area contributed by atoms with Gasteiger partial charge in [0.15, 0.2) is 5.52 Å². The highest BCUT2D eigenvalue weighted by molar-refractivity contribution is 5.68. The fraction of sp³-hybridized carbons (Fsp3) is 0.312. The van der Waals surface area contributed by atoms with Gasteiger partial charge in [0.25, 0.3) is 5.56 Å². The summed E-state index contributed by atoms with van der Waals surface area (Å²) >= 11 is 0. The molecule has 0 saturated heterocycles. The molecule has 0 amide bonds. The number of hydrogen-bond donors (Lipinski definition) is 2. The maximum atomic E-state index is 11.7. The number of hydrogen-bond acceptors (Lipinski definition) is 3. The molecule has 22 heavy (non-hydrogen) atoms. The Balaban J connectivity index is 2.00. The SMILES string of the molecule is CCC(C)c1cccc(Cn2cnc3c(=O)[nH]c(=O)[nH]c32)c1. The number of nitrogens with one attached hydrogen (secondary N) is 2. The van der Waals surface area contributed by atoms with Crippen LogP contribution in [0, 0.1) is 0 Å². The van der Waals surface area contributed by atoms with Crippen molar-refractivity contribution in [3.63, 3.8) is 0 Å². The van der Waals surface area contributed by atoms with E-state index in [2.05, 4.69) is 40.9 Å². The molecule has 3 aromatic rings. The minimum Gasteiger partial charge on any atom is -0.312 e. The summed E-state index contributed by atoms with van der Waals surface area (Å²) in [5, 5.41) is 0. The van der Waals surface area contributed by atoms with Crippen LogP contribution in [0.3, 0.4) is 0 Å². The van der Waals surface area contributed by atoms with Crippen LogP contribution in [-0.2, 0) is 6.54 Å². The molecule has 6 heteroatoms. The Hall–Kier alpha value is -2.63. The number of aromatic nitrogens is 4. The molecule has 0 aliphatic heterocycles. The van der Waals surface area contributed by atoms with Crippen LogP contribution >= 0.6 is 0 Å². The summed E-state index contributed by atoms with van der Waals surface area (Å²) in [5.41, 5.74) is 2.10. The summed E-state index contributed by atoms with van der Waals surface area (Å²) in [4.78, 5) is 32.0. The number of H-pyrrole nitrogens is 2. The molecule has 0 spiro atoms. The van der Waals surface area contributed by atoms with E-state index < -0.39 is 11.2 Å². The molecule has 0 saturated carbocycles. The van der Waals surface area contributed by atoms with Crippen molar-refractivity contribution >= 4 is 11.2 Å². The summed E-state index contributed by atoms with van der Waals surface area (Å²) in [6, 6.07) is 8.34. The lowest BCUT2D eigenvalue weighted by Gasteiger charge is -2.11. The van der Waals surface area contributed by atoms with Crippen LogP contribution < -0.4 is 11.2 Å². The molecular formula is C16H18N4O2. The quantitative estimate of drug-likeness (QED) is 0.772. The third kappa shape index (κ3) is 2.59. The van der Waals surface area contributed by atoms with Crippen molar-refractivity contribution in [1.29, 1.82) is 0 Å². The Morgan fingerprint density at radius 3 is 2.86 bits per heavy atom. The van der Waals surface area contributed by atoms with Gasteiger partial charge in [-0.15, -0.1) is 0 Å². The molecule has 114 valence electrons. The molecule has 0 aliphatic carbocycles. The summed E-state index contributed by atoms with van der Waals surface area (Å²) < 4.78 is 1.78. The van der Waals surface area contributed by atoms with Gasteiger partial charge >= 0.3 is 5.69 Å². The predicted molar refractivity (Wildman–Crippen MR) is 85.2 cm³/mol. The molecule has 3 rings (SSSR count). The number of nitrogens with zero attached hydrogens (tertiary/aromatic N) is 2. The summed E-state index contributed by atoms with van der Waals surface area (Å²) in [6.07, 6.45) is 2.66. The van der Waals surface area contributed by atoms with Crippen molar-refractivity contribution in [1.82, 2.24) is 19.5 Å². The zero-order valence-corrected chi connectivity index (χ0v) is 12.6. The van der Waals surface area contributed by atoms with Crippen molar-refractivity contribution in [3.05, 3.63) is 62.6 Å². The average Bonchev–Trinajstić information content (AvgIpc) is 2.90. The lowest BCUT2D eigenvalue weighted by atomic mass is 9.97. The van der Waals surface area contributed by atoms with Gasteiger partial charge in [0.2, 0.25) is 0 Å². The van der Waals surface area contributed by atoms with Crippen molar-refractivity contribution < 1.29 is 0 Å². The summed E-state index contributed by atoms with van der Waals surface area (Å²) in [7, 11) is 0. The second kappa shape index (κ2) is 5.63. The van der Waals surface area contributed by atoms with Gasteiger partial charge in [-0.25, -0.2) is 9.78 Å². The first-order valence-corrected chi connectivity index (χ1v) is 7.34. The maximum absolute atomic E-state index is 11.7. The third-order valence-corrected chi connectivity index (χ3v) is 4.00. The number of fused-ring (bicyclic) bond motifs is 1. The monoisotopic (exact) mass is 298 g/mol. The van der Waals surface area contributed by atoms with E-state index in [0.29, 0.717) is 18.1 Å². The molecule has 1 atom stereocenters. The molecular weight excluding hydrogens is 280 g/mol. The van der Waals surface area contributed by atoms with E-state index in [1.54, 1.807) is 10.9 Å². The molecule has 0 fully saturated rings. The van der Waals surface area contributed by atoms with Crippen molar-refractivity contribution in [2.75, 3.05) is 0 Å². The Morgan fingerprint density at radius 1 is 1.27 bits per heavy atom. The third-order valence-electron chi connectivity index (χ3n) is 4.00. The number of imidazole rings is 1. The van der Waals surface area contributed by atoms with Crippen LogP contribution in [0.1, 0.15) is 37.3 Å². The van der Waals surface area contributed by atoms with Crippen LogP contribution in [0.15, 0.2) is 40.2 Å². The molecule has 2 aromatic heterocycles.